The number of nitrogens with one attached hydrogen (secondary N) is 3. The van der Waals surface area contributed by atoms with E-state index in [1.165, 1.54) is 0 Å². The lowest BCUT2D eigenvalue weighted by atomic mass is 10.1. The minimum Gasteiger partial charge on any atom is -0.497 e. The van der Waals surface area contributed by atoms with Crippen molar-refractivity contribution in [3.8, 4) is 5.75 Å². The number of ether oxygens (including phenoxy) is 1. The van der Waals surface area contributed by atoms with E-state index in [0.717, 1.165) is 35.5 Å². The molecule has 172 valence electrons. The van der Waals surface area contributed by atoms with Gasteiger partial charge in [0.25, 0.3) is 5.92 Å². The Morgan fingerprint density at radius 1 is 1.18 bits per heavy atom. The van der Waals surface area contributed by atoms with E-state index in [9.17, 15) is 13.6 Å². The molecule has 0 saturated carbocycles. The van der Waals surface area contributed by atoms with Gasteiger partial charge in [-0.1, -0.05) is 24.3 Å². The van der Waals surface area contributed by atoms with Gasteiger partial charge in [-0.05, 0) is 36.2 Å². The first-order valence-corrected chi connectivity index (χ1v) is 10.3. The molecule has 0 aliphatic carbocycles. The Bertz CT molecular complexity index is 1200. The molecule has 10 heteroatoms. The van der Waals surface area contributed by atoms with Gasteiger partial charge in [0.1, 0.15) is 23.5 Å². The summed E-state index contributed by atoms with van der Waals surface area (Å²) in [5.74, 6) is -1.81. The standard InChI is InChI=1S/C23H23F2N5O3/c1-23(24,25)19-13-33-20(30-19)12-26-22(31)29-18(11-14-7-9-15(32-2)10-8-14)21-27-16-5-3-4-6-17(16)28-21/h3-10,13,18H,11-12H2,1-2H3,(H,27,28)(H2,26,29,31)/t18-/m1/s1. The van der Waals surface area contributed by atoms with Crippen LogP contribution in [0.4, 0.5) is 13.6 Å². The van der Waals surface area contributed by atoms with Gasteiger partial charge < -0.3 is 24.8 Å². The summed E-state index contributed by atoms with van der Waals surface area (Å²) in [6.45, 7) is 0.586. The Labute approximate surface area is 188 Å². The Morgan fingerprint density at radius 2 is 1.94 bits per heavy atom. The number of oxazole rings is 1. The van der Waals surface area contributed by atoms with Crippen LogP contribution in [0.15, 0.2) is 59.2 Å². The van der Waals surface area contributed by atoms with E-state index in [1.807, 2.05) is 48.5 Å². The fourth-order valence-corrected chi connectivity index (χ4v) is 3.31. The lowest BCUT2D eigenvalue weighted by Gasteiger charge is -2.17. The van der Waals surface area contributed by atoms with Crippen LogP contribution in [0.3, 0.4) is 0 Å². The third-order valence-electron chi connectivity index (χ3n) is 5.04. The zero-order chi connectivity index (χ0) is 23.4. The lowest BCUT2D eigenvalue weighted by molar-refractivity contribution is 0.0126. The van der Waals surface area contributed by atoms with Crippen molar-refractivity contribution in [2.75, 3.05) is 7.11 Å². The van der Waals surface area contributed by atoms with E-state index in [2.05, 4.69) is 25.6 Å². The maximum absolute atomic E-state index is 13.3. The van der Waals surface area contributed by atoms with Crippen LogP contribution in [0.5, 0.6) is 5.75 Å². The highest BCUT2D eigenvalue weighted by Gasteiger charge is 2.28. The molecule has 0 aliphatic rings. The summed E-state index contributed by atoms with van der Waals surface area (Å²) in [6.07, 6.45) is 1.35. The topological polar surface area (TPSA) is 105 Å². The van der Waals surface area contributed by atoms with E-state index < -0.39 is 23.7 Å². The number of urea groups is 1. The van der Waals surface area contributed by atoms with E-state index in [0.29, 0.717) is 12.2 Å². The number of fused-ring (bicyclic) bond motifs is 1. The molecule has 4 rings (SSSR count). The molecule has 8 nitrogen and oxygen atoms in total. The molecular formula is C23H23F2N5O3. The highest BCUT2D eigenvalue weighted by molar-refractivity contribution is 5.76. The van der Waals surface area contributed by atoms with Crippen molar-refractivity contribution < 1.29 is 22.7 Å². The molecule has 2 aromatic heterocycles. The summed E-state index contributed by atoms with van der Waals surface area (Å²) >= 11 is 0. The number of methoxy groups -OCH3 is 1. The molecule has 33 heavy (non-hydrogen) atoms. The number of halogens is 2. The van der Waals surface area contributed by atoms with Gasteiger partial charge in [-0.3, -0.25) is 0 Å². The predicted octanol–water partition coefficient (Wildman–Crippen LogP) is 4.45. The van der Waals surface area contributed by atoms with Gasteiger partial charge in [-0.2, -0.15) is 8.78 Å². The number of aromatic amines is 1. The minimum absolute atomic E-state index is 0.0166. The molecule has 1 atom stereocenters. The lowest BCUT2D eigenvalue weighted by Crippen LogP contribution is -2.38. The number of carbonyl (C=O) groups excluding carboxylic acids is 1. The molecule has 0 aliphatic heterocycles. The number of para-hydroxylation sites is 2. The third kappa shape index (κ3) is 5.46. The molecule has 0 saturated heterocycles. The number of imidazole rings is 1. The van der Waals surface area contributed by atoms with Gasteiger partial charge in [-0.15, -0.1) is 0 Å². The molecule has 0 unspecified atom stereocenters. The molecule has 3 N–H and O–H groups in total. The zero-order valence-electron chi connectivity index (χ0n) is 18.1. The Kier molecular flexibility index (Phi) is 6.25. The second-order valence-corrected chi connectivity index (χ2v) is 7.59. The number of rotatable bonds is 8. The molecule has 2 heterocycles. The zero-order valence-corrected chi connectivity index (χ0v) is 18.1. The number of amides is 2. The van der Waals surface area contributed by atoms with E-state index in [1.54, 1.807) is 7.11 Å². The second-order valence-electron chi connectivity index (χ2n) is 7.59. The van der Waals surface area contributed by atoms with Crippen LogP contribution in [-0.2, 0) is 18.9 Å². The minimum atomic E-state index is -3.12. The number of aromatic nitrogens is 3. The van der Waals surface area contributed by atoms with Crippen LogP contribution in [-0.4, -0.2) is 28.1 Å². The smallest absolute Gasteiger partial charge is 0.315 e. The van der Waals surface area contributed by atoms with Gasteiger partial charge >= 0.3 is 6.03 Å². The summed E-state index contributed by atoms with van der Waals surface area (Å²) in [5.41, 5.74) is 2.10. The Morgan fingerprint density at radius 3 is 2.61 bits per heavy atom. The quantitative estimate of drug-likeness (QED) is 0.364. The summed E-state index contributed by atoms with van der Waals surface area (Å²) in [5, 5.41) is 5.47. The fourth-order valence-electron chi connectivity index (χ4n) is 3.31. The summed E-state index contributed by atoms with van der Waals surface area (Å²) in [6, 6.07) is 14.1. The van der Waals surface area contributed by atoms with Gasteiger partial charge in [0.2, 0.25) is 5.89 Å². The summed E-state index contributed by atoms with van der Waals surface area (Å²) in [4.78, 5) is 24.2. The highest BCUT2D eigenvalue weighted by atomic mass is 19.3. The summed E-state index contributed by atoms with van der Waals surface area (Å²) in [7, 11) is 1.59. The Balaban J connectivity index is 1.48. The Hall–Kier alpha value is -3.95. The van der Waals surface area contributed by atoms with Crippen LogP contribution < -0.4 is 15.4 Å². The van der Waals surface area contributed by atoms with Crippen LogP contribution >= 0.6 is 0 Å². The molecule has 4 aromatic rings. The third-order valence-corrected chi connectivity index (χ3v) is 5.04. The van der Waals surface area contributed by atoms with Gasteiger partial charge in [0.05, 0.1) is 30.7 Å². The fraction of sp³-hybridized carbons (Fsp3) is 0.261. The van der Waals surface area contributed by atoms with Crippen LogP contribution in [0.2, 0.25) is 0 Å². The first-order valence-electron chi connectivity index (χ1n) is 10.3. The predicted molar refractivity (Wildman–Crippen MR) is 117 cm³/mol. The number of benzene rings is 2. The van der Waals surface area contributed by atoms with Crippen LogP contribution in [0.1, 0.15) is 35.9 Å². The van der Waals surface area contributed by atoms with Gasteiger partial charge in [-0.25, -0.2) is 14.8 Å². The van der Waals surface area contributed by atoms with Gasteiger partial charge in [0, 0.05) is 6.92 Å². The maximum atomic E-state index is 13.3. The average molecular weight is 455 g/mol. The largest absolute Gasteiger partial charge is 0.497 e. The number of H-pyrrole nitrogens is 1. The second kappa shape index (κ2) is 9.27. The van der Waals surface area contributed by atoms with Crippen molar-refractivity contribution in [2.45, 2.75) is 31.9 Å². The number of alkyl halides is 2. The van der Waals surface area contributed by atoms with Crippen LogP contribution in [0.25, 0.3) is 11.0 Å². The normalized spacial score (nSPS) is 12.5. The van der Waals surface area contributed by atoms with E-state index >= 15 is 0 Å². The maximum Gasteiger partial charge on any atom is 0.315 e. The monoisotopic (exact) mass is 455 g/mol. The van der Waals surface area contributed by atoms with Crippen molar-refractivity contribution in [2.24, 2.45) is 0 Å². The molecule has 2 amide bonds. The first-order chi connectivity index (χ1) is 15.8. The molecular weight excluding hydrogens is 432 g/mol. The number of hydrogen-bond donors (Lipinski definition) is 3. The van der Waals surface area contributed by atoms with Crippen molar-refractivity contribution >= 4 is 17.1 Å². The molecule has 0 fully saturated rings. The SMILES string of the molecule is COc1ccc(C[C@@H](NC(=O)NCc2nc(C(C)(F)F)co2)c2nc3ccccc3[nH]2)cc1. The van der Waals surface area contributed by atoms with Crippen molar-refractivity contribution in [1.82, 2.24) is 25.6 Å². The number of carbonyl (C=O) groups is 1. The highest BCUT2D eigenvalue weighted by Crippen LogP contribution is 2.26. The molecule has 2 aromatic carbocycles. The van der Waals surface area contributed by atoms with Crippen molar-refractivity contribution in [3.63, 3.8) is 0 Å². The molecule has 0 spiro atoms. The number of nitrogens with zero attached hydrogens (tertiary/aromatic N) is 2. The van der Waals surface area contributed by atoms with Crippen molar-refractivity contribution in [1.29, 1.82) is 0 Å². The average Bonchev–Trinajstić information content (AvgIpc) is 3.45. The number of hydrogen-bond acceptors (Lipinski definition) is 5. The van der Waals surface area contributed by atoms with Gasteiger partial charge in [0.15, 0.2) is 0 Å². The van der Waals surface area contributed by atoms with Crippen molar-refractivity contribution in [3.05, 3.63) is 77.8 Å². The van der Waals surface area contributed by atoms with Crippen LogP contribution in [0, 0.1) is 0 Å². The summed E-state index contributed by atoms with van der Waals surface area (Å²) < 4.78 is 36.9. The first kappa shape index (κ1) is 22.3. The van der Waals surface area contributed by atoms with E-state index in [4.69, 9.17) is 9.15 Å². The van der Waals surface area contributed by atoms with E-state index in [-0.39, 0.29) is 12.4 Å². The molecule has 0 radical (unpaired) electrons. The molecule has 0 bridgehead atoms.